The number of nitrogens with zero attached hydrogens (tertiary/aromatic N) is 2. The molecule has 2 amide bonds. The molecule has 0 atom stereocenters. The van der Waals surface area contributed by atoms with Crippen molar-refractivity contribution in [3.8, 4) is 0 Å². The minimum absolute atomic E-state index is 0.0102. The van der Waals surface area contributed by atoms with Crippen LogP contribution in [0.3, 0.4) is 0 Å². The molecule has 2 heterocycles. The van der Waals surface area contributed by atoms with E-state index < -0.39 is 0 Å². The summed E-state index contributed by atoms with van der Waals surface area (Å²) in [5, 5.41) is 6.57. The van der Waals surface area contributed by atoms with Crippen molar-refractivity contribution < 1.29 is 4.79 Å². The van der Waals surface area contributed by atoms with Gasteiger partial charge in [-0.15, -0.1) is 0 Å². The molecule has 0 saturated carbocycles. The number of allylic oxidation sites excluding steroid dienone is 1. The molecule has 2 saturated heterocycles. The molecule has 2 fully saturated rings. The number of rotatable bonds is 5. The average Bonchev–Trinajstić information content (AvgIpc) is 2.62. The topological polar surface area (TPSA) is 47.6 Å². The molecular formula is C20H30N4O. The highest BCUT2D eigenvalue weighted by Gasteiger charge is 2.21. The van der Waals surface area contributed by atoms with Crippen molar-refractivity contribution in [2.75, 3.05) is 42.9 Å². The van der Waals surface area contributed by atoms with E-state index in [2.05, 4.69) is 47.6 Å². The summed E-state index contributed by atoms with van der Waals surface area (Å²) in [7, 11) is 0. The summed E-state index contributed by atoms with van der Waals surface area (Å²) in [6, 6.07) is 8.76. The van der Waals surface area contributed by atoms with Gasteiger partial charge >= 0.3 is 6.03 Å². The molecule has 136 valence electrons. The minimum atomic E-state index is 0.0102. The predicted octanol–water partition coefficient (Wildman–Crippen LogP) is 3.45. The molecule has 0 unspecified atom stereocenters. The van der Waals surface area contributed by atoms with E-state index >= 15 is 0 Å². The Balaban J connectivity index is 1.54. The molecule has 25 heavy (non-hydrogen) atoms. The van der Waals surface area contributed by atoms with Crippen molar-refractivity contribution in [3.63, 3.8) is 0 Å². The number of urea groups is 1. The second-order valence-corrected chi connectivity index (χ2v) is 7.29. The smallest absolute Gasteiger partial charge is 0.321 e. The standard InChI is InChI=1S/C20H30N4O/c1-16(2)7-12-23-13-8-17(9-14-23)22-18-5-3-6-19(15-18)24-11-4-10-21-20(24)25/h3,5-7,15,17,22H,4,8-14H2,1-2H3,(H,21,25). The monoisotopic (exact) mass is 342 g/mol. The average molecular weight is 342 g/mol. The lowest BCUT2D eigenvalue weighted by atomic mass is 10.0. The third kappa shape index (κ3) is 4.98. The van der Waals surface area contributed by atoms with Gasteiger partial charge in [-0.2, -0.15) is 0 Å². The van der Waals surface area contributed by atoms with E-state index in [1.165, 1.54) is 5.57 Å². The zero-order chi connectivity index (χ0) is 17.6. The Hall–Kier alpha value is -2.01. The number of carbonyl (C=O) groups is 1. The first kappa shape index (κ1) is 17.8. The summed E-state index contributed by atoms with van der Waals surface area (Å²) in [5.74, 6) is 0. The number of hydrogen-bond acceptors (Lipinski definition) is 3. The maximum absolute atomic E-state index is 12.0. The Morgan fingerprint density at radius 1 is 1.28 bits per heavy atom. The van der Waals surface area contributed by atoms with E-state index in [9.17, 15) is 4.79 Å². The summed E-state index contributed by atoms with van der Waals surface area (Å²) >= 11 is 0. The van der Waals surface area contributed by atoms with E-state index in [4.69, 9.17) is 0 Å². The van der Waals surface area contributed by atoms with Gasteiger partial charge in [0, 0.05) is 50.1 Å². The lowest BCUT2D eigenvalue weighted by Crippen LogP contribution is -2.46. The van der Waals surface area contributed by atoms with Crippen LogP contribution in [0.5, 0.6) is 0 Å². The summed E-state index contributed by atoms with van der Waals surface area (Å²) in [6.07, 6.45) is 5.62. The number of benzene rings is 1. The normalized spacial score (nSPS) is 19.4. The number of piperidine rings is 1. The zero-order valence-corrected chi connectivity index (χ0v) is 15.4. The van der Waals surface area contributed by atoms with Crippen LogP contribution in [0.1, 0.15) is 33.1 Å². The highest BCUT2D eigenvalue weighted by molar-refractivity contribution is 5.93. The molecule has 1 aromatic rings. The fraction of sp³-hybridized carbons (Fsp3) is 0.550. The van der Waals surface area contributed by atoms with E-state index in [0.717, 1.165) is 63.4 Å². The van der Waals surface area contributed by atoms with E-state index in [0.29, 0.717) is 6.04 Å². The van der Waals surface area contributed by atoms with Gasteiger partial charge in [0.05, 0.1) is 0 Å². The molecular weight excluding hydrogens is 312 g/mol. The quantitative estimate of drug-likeness (QED) is 0.806. The highest BCUT2D eigenvalue weighted by Crippen LogP contribution is 2.23. The predicted molar refractivity (Wildman–Crippen MR) is 104 cm³/mol. The van der Waals surface area contributed by atoms with Gasteiger partial charge in [0.1, 0.15) is 0 Å². The van der Waals surface area contributed by atoms with Crippen molar-refractivity contribution in [3.05, 3.63) is 35.9 Å². The zero-order valence-electron chi connectivity index (χ0n) is 15.4. The molecule has 0 aromatic heterocycles. The fourth-order valence-electron chi connectivity index (χ4n) is 3.45. The van der Waals surface area contributed by atoms with E-state index in [1.807, 2.05) is 17.0 Å². The molecule has 1 aromatic carbocycles. The number of amides is 2. The molecule has 0 spiro atoms. The molecule has 0 radical (unpaired) electrons. The summed E-state index contributed by atoms with van der Waals surface area (Å²) in [4.78, 5) is 16.4. The number of carbonyl (C=O) groups excluding carboxylic acids is 1. The molecule has 2 N–H and O–H groups in total. The maximum atomic E-state index is 12.0. The second-order valence-electron chi connectivity index (χ2n) is 7.29. The van der Waals surface area contributed by atoms with Crippen LogP contribution in [-0.4, -0.2) is 49.7 Å². The number of nitrogens with one attached hydrogen (secondary N) is 2. The summed E-state index contributed by atoms with van der Waals surface area (Å²) in [5.41, 5.74) is 3.47. The fourth-order valence-corrected chi connectivity index (χ4v) is 3.45. The van der Waals surface area contributed by atoms with Crippen LogP contribution >= 0.6 is 0 Å². The van der Waals surface area contributed by atoms with Crippen molar-refractivity contribution in [1.29, 1.82) is 0 Å². The first-order chi connectivity index (χ1) is 12.1. The van der Waals surface area contributed by atoms with Crippen LogP contribution in [0, 0.1) is 0 Å². The molecule has 2 aliphatic heterocycles. The number of anilines is 2. The van der Waals surface area contributed by atoms with Gasteiger partial charge < -0.3 is 10.6 Å². The highest BCUT2D eigenvalue weighted by atomic mass is 16.2. The van der Waals surface area contributed by atoms with Gasteiger partial charge in [-0.1, -0.05) is 17.7 Å². The first-order valence-corrected chi connectivity index (χ1v) is 9.39. The maximum Gasteiger partial charge on any atom is 0.321 e. The Labute approximate surface area is 151 Å². The van der Waals surface area contributed by atoms with E-state index in [-0.39, 0.29) is 6.03 Å². The van der Waals surface area contributed by atoms with Gasteiger partial charge in [0.15, 0.2) is 0 Å². The van der Waals surface area contributed by atoms with Crippen molar-refractivity contribution in [1.82, 2.24) is 10.2 Å². The first-order valence-electron chi connectivity index (χ1n) is 9.39. The van der Waals surface area contributed by atoms with Gasteiger partial charge in [0.25, 0.3) is 0 Å². The Bertz CT molecular complexity index is 616. The van der Waals surface area contributed by atoms with Gasteiger partial charge in [-0.3, -0.25) is 9.80 Å². The molecule has 5 nitrogen and oxygen atoms in total. The molecule has 0 bridgehead atoms. The second kappa shape index (κ2) is 8.39. The number of hydrogen-bond donors (Lipinski definition) is 2. The van der Waals surface area contributed by atoms with Gasteiger partial charge in [-0.05, 0) is 51.3 Å². The minimum Gasteiger partial charge on any atom is -0.382 e. The van der Waals surface area contributed by atoms with Crippen LogP contribution in [-0.2, 0) is 0 Å². The largest absolute Gasteiger partial charge is 0.382 e. The van der Waals surface area contributed by atoms with Crippen LogP contribution in [0.4, 0.5) is 16.2 Å². The van der Waals surface area contributed by atoms with Gasteiger partial charge in [0.2, 0.25) is 0 Å². The van der Waals surface area contributed by atoms with Crippen molar-refractivity contribution in [2.24, 2.45) is 0 Å². The Morgan fingerprint density at radius 2 is 2.08 bits per heavy atom. The van der Waals surface area contributed by atoms with Crippen LogP contribution in [0.2, 0.25) is 0 Å². The van der Waals surface area contributed by atoms with Crippen molar-refractivity contribution >= 4 is 17.4 Å². The third-order valence-corrected chi connectivity index (χ3v) is 4.95. The Morgan fingerprint density at radius 3 is 2.80 bits per heavy atom. The number of likely N-dealkylation sites (tertiary alicyclic amines) is 1. The lowest BCUT2D eigenvalue weighted by Gasteiger charge is -2.32. The Kier molecular flexibility index (Phi) is 5.97. The summed E-state index contributed by atoms with van der Waals surface area (Å²) < 4.78 is 0. The van der Waals surface area contributed by atoms with Crippen LogP contribution in [0.15, 0.2) is 35.9 Å². The molecule has 5 heteroatoms. The molecule has 2 aliphatic rings. The third-order valence-electron chi connectivity index (χ3n) is 4.95. The van der Waals surface area contributed by atoms with Crippen LogP contribution < -0.4 is 15.5 Å². The van der Waals surface area contributed by atoms with Gasteiger partial charge in [-0.25, -0.2) is 4.79 Å². The lowest BCUT2D eigenvalue weighted by molar-refractivity contribution is 0.240. The van der Waals surface area contributed by atoms with Crippen molar-refractivity contribution in [2.45, 2.75) is 39.2 Å². The molecule has 3 rings (SSSR count). The summed E-state index contributed by atoms with van der Waals surface area (Å²) in [6.45, 7) is 9.21. The van der Waals surface area contributed by atoms with Crippen LogP contribution in [0.25, 0.3) is 0 Å². The van der Waals surface area contributed by atoms with E-state index in [1.54, 1.807) is 0 Å². The molecule has 0 aliphatic carbocycles. The SMILES string of the molecule is CC(C)=CCN1CCC(Nc2cccc(N3CCCNC3=O)c2)CC1.